The van der Waals surface area contributed by atoms with Crippen LogP contribution in [-0.4, -0.2) is 12.5 Å². The Morgan fingerprint density at radius 2 is 1.21 bits per heavy atom. The molecule has 0 fully saturated rings. The van der Waals surface area contributed by atoms with Gasteiger partial charge < -0.3 is 5.32 Å². The maximum absolute atomic E-state index is 13.6. The lowest BCUT2D eigenvalue weighted by atomic mass is 9.68. The van der Waals surface area contributed by atoms with Gasteiger partial charge in [-0.05, 0) is 47.9 Å². The molecule has 0 aromatic heterocycles. The summed E-state index contributed by atoms with van der Waals surface area (Å²) >= 11 is 0. The molecule has 0 spiro atoms. The first-order valence-electron chi connectivity index (χ1n) is 9.07. The van der Waals surface area contributed by atoms with Gasteiger partial charge in [-0.3, -0.25) is 4.79 Å². The molecule has 1 unspecified atom stereocenters. The molecule has 0 aliphatic heterocycles. The van der Waals surface area contributed by atoms with E-state index in [1.165, 1.54) is 36.4 Å². The fourth-order valence-corrected chi connectivity index (χ4v) is 3.48. The van der Waals surface area contributed by atoms with E-state index in [0.29, 0.717) is 23.2 Å². The molecule has 0 radical (unpaired) electrons. The predicted octanol–water partition coefficient (Wildman–Crippen LogP) is 5.32. The third kappa shape index (κ3) is 3.88. The van der Waals surface area contributed by atoms with Gasteiger partial charge in [0.2, 0.25) is 5.91 Å². The average molecular weight is 401 g/mol. The molecule has 0 aliphatic rings. The third-order valence-corrected chi connectivity index (χ3v) is 4.81. The van der Waals surface area contributed by atoms with E-state index < -0.39 is 28.9 Å². The first-order valence-corrected chi connectivity index (χ1v) is 9.07. The van der Waals surface area contributed by atoms with Crippen LogP contribution in [0, 0.1) is 5.82 Å². The molecule has 150 valence electrons. The Morgan fingerprint density at radius 3 is 1.69 bits per heavy atom. The molecule has 0 saturated carbocycles. The van der Waals surface area contributed by atoms with Gasteiger partial charge in [0.1, 0.15) is 11.2 Å². The summed E-state index contributed by atoms with van der Waals surface area (Å²) in [5.41, 5.74) is -0.865. The fraction of sp³-hybridized carbons (Fsp3) is 0.174. The maximum atomic E-state index is 13.6. The maximum Gasteiger partial charge on any atom is 0.416 e. The van der Waals surface area contributed by atoms with Crippen LogP contribution in [-0.2, 0) is 16.4 Å². The van der Waals surface area contributed by atoms with Crippen LogP contribution in [0.5, 0.6) is 0 Å². The molecule has 0 saturated heterocycles. The largest absolute Gasteiger partial charge is 0.416 e. The van der Waals surface area contributed by atoms with Gasteiger partial charge in [-0.15, -0.1) is 0 Å². The number of hydrogen-bond acceptors (Lipinski definition) is 1. The van der Waals surface area contributed by atoms with Gasteiger partial charge in [0.05, 0.1) is 5.56 Å². The van der Waals surface area contributed by atoms with Crippen molar-refractivity contribution < 1.29 is 22.4 Å². The van der Waals surface area contributed by atoms with Crippen molar-refractivity contribution in [1.82, 2.24) is 5.32 Å². The summed E-state index contributed by atoms with van der Waals surface area (Å²) in [6, 6.07) is 18.7. The minimum atomic E-state index is -4.49. The summed E-state index contributed by atoms with van der Waals surface area (Å²) in [6.45, 7) is 2.08. The summed E-state index contributed by atoms with van der Waals surface area (Å²) in [6.07, 6.45) is -4.49. The first-order chi connectivity index (χ1) is 13.8. The Morgan fingerprint density at radius 1 is 0.759 bits per heavy atom. The number of halogens is 4. The van der Waals surface area contributed by atoms with E-state index in [1.807, 2.05) is 0 Å². The minimum absolute atomic E-state index is 0.329. The van der Waals surface area contributed by atoms with Crippen molar-refractivity contribution in [3.8, 4) is 0 Å². The van der Waals surface area contributed by atoms with Crippen LogP contribution in [0.15, 0.2) is 78.9 Å². The Balaban J connectivity index is 2.32. The molecule has 29 heavy (non-hydrogen) atoms. The molecule has 3 aromatic carbocycles. The number of hydrogen-bond donors (Lipinski definition) is 1. The third-order valence-electron chi connectivity index (χ3n) is 4.81. The zero-order valence-corrected chi connectivity index (χ0v) is 15.6. The first kappa shape index (κ1) is 20.6. The van der Waals surface area contributed by atoms with E-state index in [9.17, 15) is 22.4 Å². The second-order valence-corrected chi connectivity index (χ2v) is 6.56. The number of carbonyl (C=O) groups is 1. The SMILES string of the molecule is CCNC(=O)C(c1ccccc1)(c1ccc(F)cc1)c1ccc(C(F)(F)F)cc1. The lowest BCUT2D eigenvalue weighted by Crippen LogP contribution is -2.46. The van der Waals surface area contributed by atoms with E-state index >= 15 is 0 Å². The highest BCUT2D eigenvalue weighted by Crippen LogP contribution is 2.41. The van der Waals surface area contributed by atoms with Crippen molar-refractivity contribution in [2.45, 2.75) is 18.5 Å². The van der Waals surface area contributed by atoms with E-state index in [2.05, 4.69) is 5.32 Å². The summed E-state index contributed by atoms with van der Waals surface area (Å²) < 4.78 is 52.8. The fourth-order valence-electron chi connectivity index (χ4n) is 3.48. The van der Waals surface area contributed by atoms with E-state index in [4.69, 9.17) is 0 Å². The highest BCUT2D eigenvalue weighted by molar-refractivity contribution is 5.96. The quantitative estimate of drug-likeness (QED) is 0.455. The van der Waals surface area contributed by atoms with Crippen molar-refractivity contribution in [3.63, 3.8) is 0 Å². The monoisotopic (exact) mass is 401 g/mol. The van der Waals surface area contributed by atoms with Crippen LogP contribution in [0.1, 0.15) is 29.2 Å². The Hall–Kier alpha value is -3.15. The van der Waals surface area contributed by atoms with Gasteiger partial charge in [0, 0.05) is 6.54 Å². The summed E-state index contributed by atoms with van der Waals surface area (Å²) in [5.74, 6) is -0.878. The zero-order valence-electron chi connectivity index (χ0n) is 15.6. The van der Waals surface area contributed by atoms with Gasteiger partial charge in [-0.25, -0.2) is 4.39 Å². The topological polar surface area (TPSA) is 29.1 Å². The van der Waals surface area contributed by atoms with Gasteiger partial charge in [0.25, 0.3) is 0 Å². The summed E-state index contributed by atoms with van der Waals surface area (Å²) in [4.78, 5) is 13.4. The standard InChI is InChI=1S/C23H19F4NO/c1-2-28-21(29)22(16-6-4-3-5-7-16,18-12-14-20(24)15-13-18)17-8-10-19(11-9-17)23(25,26)27/h3-15H,2H2,1H3,(H,28,29). The predicted molar refractivity (Wildman–Crippen MR) is 103 cm³/mol. The molecule has 1 atom stereocenters. The number of likely N-dealkylation sites (N-methyl/N-ethyl adjacent to an activating group) is 1. The normalized spacial score (nSPS) is 13.6. The lowest BCUT2D eigenvalue weighted by molar-refractivity contribution is -0.137. The van der Waals surface area contributed by atoms with Crippen LogP contribution in [0.25, 0.3) is 0 Å². The van der Waals surface area contributed by atoms with Crippen molar-refractivity contribution >= 4 is 5.91 Å². The van der Waals surface area contributed by atoms with Crippen LogP contribution >= 0.6 is 0 Å². The molecular weight excluding hydrogens is 382 g/mol. The molecule has 6 heteroatoms. The number of amides is 1. The molecular formula is C23H19F4NO. The summed E-state index contributed by atoms with van der Waals surface area (Å²) in [7, 11) is 0. The van der Waals surface area contributed by atoms with Crippen LogP contribution in [0.2, 0.25) is 0 Å². The minimum Gasteiger partial charge on any atom is -0.355 e. The van der Waals surface area contributed by atoms with Crippen molar-refractivity contribution in [1.29, 1.82) is 0 Å². The average Bonchev–Trinajstić information content (AvgIpc) is 2.71. The van der Waals surface area contributed by atoms with Gasteiger partial charge in [-0.2, -0.15) is 13.2 Å². The van der Waals surface area contributed by atoms with Crippen molar-refractivity contribution in [3.05, 3.63) is 107 Å². The Labute approximate surface area is 166 Å². The van der Waals surface area contributed by atoms with Gasteiger partial charge >= 0.3 is 6.18 Å². The van der Waals surface area contributed by atoms with E-state index in [1.54, 1.807) is 37.3 Å². The van der Waals surface area contributed by atoms with Crippen LogP contribution in [0.4, 0.5) is 17.6 Å². The van der Waals surface area contributed by atoms with Crippen LogP contribution < -0.4 is 5.32 Å². The lowest BCUT2D eigenvalue weighted by Gasteiger charge is -2.34. The summed E-state index contributed by atoms with van der Waals surface area (Å²) in [5, 5.41) is 2.79. The van der Waals surface area contributed by atoms with E-state index in [0.717, 1.165) is 12.1 Å². The molecule has 0 bridgehead atoms. The zero-order chi connectivity index (χ0) is 21.1. The Bertz CT molecular complexity index is 967. The molecule has 1 N–H and O–H groups in total. The van der Waals surface area contributed by atoms with Crippen molar-refractivity contribution in [2.24, 2.45) is 0 Å². The van der Waals surface area contributed by atoms with E-state index in [-0.39, 0.29) is 0 Å². The molecule has 3 aromatic rings. The second kappa shape index (κ2) is 8.07. The molecule has 3 rings (SSSR count). The Kier molecular flexibility index (Phi) is 5.73. The molecule has 2 nitrogen and oxygen atoms in total. The van der Waals surface area contributed by atoms with Gasteiger partial charge in [0.15, 0.2) is 0 Å². The number of nitrogens with one attached hydrogen (secondary N) is 1. The highest BCUT2D eigenvalue weighted by Gasteiger charge is 2.44. The number of carbonyl (C=O) groups excluding carboxylic acids is 1. The molecule has 0 aliphatic carbocycles. The van der Waals surface area contributed by atoms with Gasteiger partial charge in [-0.1, -0.05) is 54.6 Å². The highest BCUT2D eigenvalue weighted by atomic mass is 19.4. The number of alkyl halides is 3. The molecule has 1 amide bonds. The molecule has 0 heterocycles. The smallest absolute Gasteiger partial charge is 0.355 e. The second-order valence-electron chi connectivity index (χ2n) is 6.56. The number of benzene rings is 3. The number of rotatable bonds is 5. The van der Waals surface area contributed by atoms with Crippen LogP contribution in [0.3, 0.4) is 0 Å². The van der Waals surface area contributed by atoms with Crippen molar-refractivity contribution in [2.75, 3.05) is 6.54 Å².